The second-order valence-electron chi connectivity index (χ2n) is 7.26. The summed E-state index contributed by atoms with van der Waals surface area (Å²) in [5.74, 6) is 0.175. The van der Waals surface area contributed by atoms with E-state index in [4.69, 9.17) is 9.47 Å². The van der Waals surface area contributed by atoms with Crippen LogP contribution in [0, 0.1) is 6.92 Å². The summed E-state index contributed by atoms with van der Waals surface area (Å²) in [4.78, 5) is 38.5. The van der Waals surface area contributed by atoms with Gasteiger partial charge in [0.2, 0.25) is 5.91 Å². The summed E-state index contributed by atoms with van der Waals surface area (Å²) in [5.41, 5.74) is 2.35. The van der Waals surface area contributed by atoms with Crippen LogP contribution in [0.1, 0.15) is 25.0 Å². The van der Waals surface area contributed by atoms with Crippen molar-refractivity contribution in [2.45, 2.75) is 26.9 Å². The monoisotopic (exact) mass is 440 g/mol. The van der Waals surface area contributed by atoms with Crippen LogP contribution in [0.25, 0.3) is 6.08 Å². The summed E-state index contributed by atoms with van der Waals surface area (Å²) < 4.78 is 11.1. The number of anilines is 1. The van der Waals surface area contributed by atoms with Gasteiger partial charge in [0.25, 0.3) is 11.1 Å². The lowest BCUT2D eigenvalue weighted by Gasteiger charge is -2.14. The van der Waals surface area contributed by atoms with Gasteiger partial charge in [-0.05, 0) is 68.4 Å². The van der Waals surface area contributed by atoms with Crippen LogP contribution < -0.4 is 14.8 Å². The van der Waals surface area contributed by atoms with Gasteiger partial charge in [0.1, 0.15) is 6.54 Å². The van der Waals surface area contributed by atoms with Crippen LogP contribution in [0.4, 0.5) is 10.5 Å². The first-order valence-corrected chi connectivity index (χ1v) is 10.5. The molecule has 1 heterocycles. The lowest BCUT2D eigenvalue weighted by Crippen LogP contribution is -2.36. The maximum absolute atomic E-state index is 12.7. The number of aryl methyl sites for hydroxylation is 1. The van der Waals surface area contributed by atoms with E-state index in [2.05, 4.69) is 5.32 Å². The minimum absolute atomic E-state index is 0.0118. The molecule has 162 valence electrons. The highest BCUT2D eigenvalue weighted by molar-refractivity contribution is 8.18. The number of methoxy groups -OCH3 is 1. The lowest BCUT2D eigenvalue weighted by molar-refractivity contribution is -0.127. The van der Waals surface area contributed by atoms with Crippen LogP contribution in [0.5, 0.6) is 11.5 Å². The normalized spacial score (nSPS) is 15.0. The molecular weight excluding hydrogens is 416 g/mol. The third kappa shape index (κ3) is 5.67. The molecule has 3 rings (SSSR count). The smallest absolute Gasteiger partial charge is 0.294 e. The summed E-state index contributed by atoms with van der Waals surface area (Å²) in [6.07, 6.45) is 1.59. The highest BCUT2D eigenvalue weighted by atomic mass is 32.2. The van der Waals surface area contributed by atoms with E-state index in [1.165, 1.54) is 7.11 Å². The summed E-state index contributed by atoms with van der Waals surface area (Å²) in [6.45, 7) is 5.43. The molecule has 0 radical (unpaired) electrons. The van der Waals surface area contributed by atoms with E-state index in [-0.39, 0.29) is 17.6 Å². The van der Waals surface area contributed by atoms with Crippen molar-refractivity contribution >= 4 is 40.6 Å². The fraction of sp³-hybridized carbons (Fsp3) is 0.261. The second-order valence-corrected chi connectivity index (χ2v) is 8.25. The number of imide groups is 1. The van der Waals surface area contributed by atoms with Crippen molar-refractivity contribution in [2.75, 3.05) is 19.0 Å². The van der Waals surface area contributed by atoms with Gasteiger partial charge in [0.15, 0.2) is 11.5 Å². The predicted molar refractivity (Wildman–Crippen MR) is 121 cm³/mol. The maximum atomic E-state index is 12.7. The number of nitrogens with zero attached hydrogens (tertiary/aromatic N) is 1. The molecule has 0 aliphatic carbocycles. The van der Waals surface area contributed by atoms with Gasteiger partial charge >= 0.3 is 0 Å². The van der Waals surface area contributed by atoms with E-state index in [1.54, 1.807) is 36.4 Å². The number of thioether (sulfide) groups is 1. The lowest BCUT2D eigenvalue weighted by atomic mass is 10.2. The molecule has 2 aromatic rings. The van der Waals surface area contributed by atoms with E-state index in [0.29, 0.717) is 22.7 Å². The van der Waals surface area contributed by atoms with Gasteiger partial charge in [-0.25, -0.2) is 0 Å². The molecule has 1 fully saturated rings. The quantitative estimate of drug-likeness (QED) is 0.640. The van der Waals surface area contributed by atoms with Crippen molar-refractivity contribution in [1.82, 2.24) is 4.90 Å². The number of amides is 3. The van der Waals surface area contributed by atoms with Crippen molar-refractivity contribution in [3.05, 3.63) is 58.5 Å². The van der Waals surface area contributed by atoms with Gasteiger partial charge < -0.3 is 14.8 Å². The van der Waals surface area contributed by atoms with Crippen molar-refractivity contribution in [3.8, 4) is 11.5 Å². The zero-order chi connectivity index (χ0) is 22.5. The molecule has 31 heavy (non-hydrogen) atoms. The number of benzene rings is 2. The molecule has 0 saturated carbocycles. The van der Waals surface area contributed by atoms with Gasteiger partial charge in [-0.3, -0.25) is 19.3 Å². The molecule has 8 heteroatoms. The Bertz CT molecular complexity index is 1030. The summed E-state index contributed by atoms with van der Waals surface area (Å²) >= 11 is 0.802. The van der Waals surface area contributed by atoms with Gasteiger partial charge in [-0.2, -0.15) is 0 Å². The molecule has 1 saturated heterocycles. The Morgan fingerprint density at radius 3 is 2.48 bits per heavy atom. The van der Waals surface area contributed by atoms with E-state index < -0.39 is 17.1 Å². The van der Waals surface area contributed by atoms with E-state index in [9.17, 15) is 14.4 Å². The molecule has 1 aliphatic heterocycles. The highest BCUT2D eigenvalue weighted by Crippen LogP contribution is 2.34. The zero-order valence-corrected chi connectivity index (χ0v) is 18.6. The molecule has 1 aliphatic rings. The van der Waals surface area contributed by atoms with Crippen molar-refractivity contribution in [2.24, 2.45) is 0 Å². The Labute approximate surface area is 185 Å². The summed E-state index contributed by atoms with van der Waals surface area (Å²) in [6, 6.07) is 12.5. The molecule has 1 N–H and O–H groups in total. The highest BCUT2D eigenvalue weighted by Gasteiger charge is 2.36. The van der Waals surface area contributed by atoms with Crippen molar-refractivity contribution in [1.29, 1.82) is 0 Å². The van der Waals surface area contributed by atoms with E-state index in [1.807, 2.05) is 32.9 Å². The SMILES string of the molecule is COc1cc(/C=C2\SC(=O)N(CC(=O)Nc3ccc(C)cc3)C2=O)ccc1OC(C)C. The van der Waals surface area contributed by atoms with Crippen LogP contribution in [0.15, 0.2) is 47.4 Å². The maximum Gasteiger partial charge on any atom is 0.294 e. The van der Waals surface area contributed by atoms with E-state index in [0.717, 1.165) is 22.2 Å². The Morgan fingerprint density at radius 1 is 1.13 bits per heavy atom. The third-order valence-electron chi connectivity index (χ3n) is 4.36. The first-order valence-electron chi connectivity index (χ1n) is 9.73. The van der Waals surface area contributed by atoms with Crippen LogP contribution in [0.2, 0.25) is 0 Å². The molecule has 0 aromatic heterocycles. The molecule has 0 spiro atoms. The van der Waals surface area contributed by atoms with E-state index >= 15 is 0 Å². The number of carbonyl (C=O) groups is 3. The van der Waals surface area contributed by atoms with Crippen LogP contribution in [0.3, 0.4) is 0 Å². The molecule has 7 nitrogen and oxygen atoms in total. The first kappa shape index (κ1) is 22.4. The Kier molecular flexibility index (Phi) is 7.02. The number of ether oxygens (including phenoxy) is 2. The fourth-order valence-corrected chi connectivity index (χ4v) is 3.73. The second kappa shape index (κ2) is 9.70. The van der Waals surface area contributed by atoms with Gasteiger partial charge in [-0.15, -0.1) is 0 Å². The third-order valence-corrected chi connectivity index (χ3v) is 5.27. The molecule has 3 amide bonds. The molecule has 0 bridgehead atoms. The number of hydrogen-bond donors (Lipinski definition) is 1. The van der Waals surface area contributed by atoms with Crippen LogP contribution in [-0.4, -0.2) is 41.7 Å². The fourth-order valence-electron chi connectivity index (χ4n) is 2.89. The summed E-state index contributed by atoms with van der Waals surface area (Å²) in [5, 5.41) is 2.21. The van der Waals surface area contributed by atoms with Crippen molar-refractivity contribution in [3.63, 3.8) is 0 Å². The Morgan fingerprint density at radius 2 is 1.84 bits per heavy atom. The number of carbonyl (C=O) groups excluding carboxylic acids is 3. The zero-order valence-electron chi connectivity index (χ0n) is 17.8. The number of rotatable bonds is 7. The van der Waals surface area contributed by atoms with Crippen molar-refractivity contribution < 1.29 is 23.9 Å². The first-order chi connectivity index (χ1) is 14.8. The minimum atomic E-state index is -0.504. The molecule has 0 atom stereocenters. The summed E-state index contributed by atoms with van der Waals surface area (Å²) in [7, 11) is 1.53. The van der Waals surface area contributed by atoms with Crippen LogP contribution in [-0.2, 0) is 9.59 Å². The molecular formula is C23H24N2O5S. The number of hydrogen-bond acceptors (Lipinski definition) is 6. The standard InChI is InChI=1S/C23H24N2O5S/c1-14(2)30-18-10-7-16(11-19(18)29-4)12-20-22(27)25(23(28)31-20)13-21(26)24-17-8-5-15(3)6-9-17/h5-12,14H,13H2,1-4H3,(H,24,26)/b20-12-. The Balaban J connectivity index is 1.71. The van der Waals surface area contributed by atoms with Gasteiger partial charge in [0, 0.05) is 5.69 Å². The minimum Gasteiger partial charge on any atom is -0.493 e. The van der Waals surface area contributed by atoms with Gasteiger partial charge in [-0.1, -0.05) is 23.8 Å². The topological polar surface area (TPSA) is 84.9 Å². The average Bonchev–Trinajstić information content (AvgIpc) is 2.97. The largest absolute Gasteiger partial charge is 0.493 e. The molecule has 2 aromatic carbocycles. The van der Waals surface area contributed by atoms with Crippen LogP contribution >= 0.6 is 11.8 Å². The number of nitrogens with one attached hydrogen (secondary N) is 1. The average molecular weight is 441 g/mol. The molecule has 0 unspecified atom stereocenters. The predicted octanol–water partition coefficient (Wildman–Crippen LogP) is 4.47. The Hall–Kier alpha value is -3.26. The van der Waals surface area contributed by atoms with Gasteiger partial charge in [0.05, 0.1) is 18.1 Å².